The van der Waals surface area contributed by atoms with Gasteiger partial charge < -0.3 is 28.9 Å². The van der Waals surface area contributed by atoms with Gasteiger partial charge in [0.1, 0.15) is 0 Å². The lowest BCUT2D eigenvalue weighted by Gasteiger charge is -2.17. The van der Waals surface area contributed by atoms with Crippen molar-refractivity contribution in [3.05, 3.63) is 186 Å². The predicted molar refractivity (Wildman–Crippen MR) is 236 cm³/mol. The number of hydrogen-bond donors (Lipinski definition) is 2. The molecule has 61 heavy (non-hydrogen) atoms. The second-order valence-electron chi connectivity index (χ2n) is 14.2. The van der Waals surface area contributed by atoms with Crippen molar-refractivity contribution < 1.29 is 38.1 Å². The minimum Gasteiger partial charge on any atom is -0.462 e. The lowest BCUT2D eigenvalue weighted by molar-refractivity contribution is -0.148. The summed E-state index contributed by atoms with van der Waals surface area (Å²) in [5.41, 5.74) is 8.77. The first-order valence-corrected chi connectivity index (χ1v) is 21.0. The summed E-state index contributed by atoms with van der Waals surface area (Å²) in [4.78, 5) is 62.9. The number of rotatable bonds is 10. The highest BCUT2D eigenvalue weighted by Gasteiger charge is 2.32. The van der Waals surface area contributed by atoms with Crippen molar-refractivity contribution in [2.24, 2.45) is 0 Å². The molecule has 10 nitrogen and oxygen atoms in total. The number of carbonyl (C=O) groups excluding carboxylic acids is 4. The monoisotopic (exact) mass is 834 g/mol. The fourth-order valence-electron chi connectivity index (χ4n) is 7.37. The van der Waals surface area contributed by atoms with E-state index in [-0.39, 0.29) is 48.7 Å². The molecular weight excluding hydrogens is 789 g/mol. The van der Waals surface area contributed by atoms with Crippen LogP contribution < -0.4 is 9.06 Å². The fourth-order valence-corrected chi connectivity index (χ4v) is 8.54. The number of carbonyl (C=O) groups is 4. The van der Waals surface area contributed by atoms with E-state index in [1.807, 2.05) is 38.1 Å². The van der Waals surface area contributed by atoms with E-state index in [1.165, 1.54) is 0 Å². The molecule has 0 radical (unpaired) electrons. The Hall–Kier alpha value is -6.98. The van der Waals surface area contributed by atoms with Crippen molar-refractivity contribution in [2.45, 2.75) is 41.5 Å². The van der Waals surface area contributed by atoms with Gasteiger partial charge >= 0.3 is 23.9 Å². The predicted octanol–water partition coefficient (Wildman–Crippen LogP) is 7.69. The Morgan fingerprint density at radius 3 is 1.13 bits per heavy atom. The summed E-state index contributed by atoms with van der Waals surface area (Å²) in [5.74, 6) is -3.50. The zero-order chi connectivity index (χ0) is 43.2. The van der Waals surface area contributed by atoms with E-state index in [4.69, 9.17) is 18.9 Å². The molecule has 4 heterocycles. The molecule has 0 spiro atoms. The first-order valence-electron chi connectivity index (χ1n) is 20.2. The van der Waals surface area contributed by atoms with E-state index in [2.05, 4.69) is 70.6 Å². The van der Waals surface area contributed by atoms with Crippen molar-refractivity contribution in [1.82, 2.24) is 9.97 Å². The number of thiophene rings is 1. The molecule has 0 atom stereocenters. The summed E-state index contributed by atoms with van der Waals surface area (Å²) in [6, 6.07) is 35.1. The normalized spacial score (nSPS) is 13.9. The van der Waals surface area contributed by atoms with Gasteiger partial charge in [0.2, 0.25) is 0 Å². The number of aromatic amines is 2. The van der Waals surface area contributed by atoms with Crippen molar-refractivity contribution in [2.75, 3.05) is 26.4 Å². The van der Waals surface area contributed by atoms with Crippen LogP contribution >= 0.6 is 11.3 Å². The van der Waals surface area contributed by atoms with Crippen LogP contribution in [0.15, 0.2) is 120 Å². The number of nitrogens with one attached hydrogen (secondary N) is 2. The van der Waals surface area contributed by atoms with Crippen LogP contribution in [-0.4, -0.2) is 60.3 Å². The van der Waals surface area contributed by atoms with Crippen molar-refractivity contribution in [3.8, 4) is 0 Å². The number of hydrogen-bond acceptors (Lipinski definition) is 9. The minimum atomic E-state index is -0.875. The van der Waals surface area contributed by atoms with Gasteiger partial charge in [-0.05, 0) is 106 Å². The molecule has 0 aliphatic carbocycles. The maximum atomic E-state index is 13.9. The van der Waals surface area contributed by atoms with Crippen LogP contribution in [0.4, 0.5) is 0 Å². The van der Waals surface area contributed by atoms with Crippen LogP contribution in [-0.2, 0) is 38.1 Å². The van der Waals surface area contributed by atoms with E-state index in [1.54, 1.807) is 63.3 Å². The van der Waals surface area contributed by atoms with Crippen molar-refractivity contribution in [1.29, 1.82) is 0 Å². The molecule has 0 fully saturated rings. The number of fused-ring (bicyclic) bond motifs is 8. The van der Waals surface area contributed by atoms with Crippen molar-refractivity contribution >= 4 is 57.5 Å². The lowest BCUT2D eigenvalue weighted by atomic mass is 9.91. The second kappa shape index (κ2) is 18.5. The molecule has 1 aliphatic heterocycles. The molecule has 310 valence electrons. The Kier molecular flexibility index (Phi) is 12.8. The molecule has 11 heteroatoms. The summed E-state index contributed by atoms with van der Waals surface area (Å²) in [6.45, 7) is 10.7. The van der Waals surface area contributed by atoms with Crippen LogP contribution in [0.1, 0.15) is 83.9 Å². The molecule has 2 N–H and O–H groups in total. The summed E-state index contributed by atoms with van der Waals surface area (Å²) < 4.78 is 23.9. The smallest absolute Gasteiger partial charge is 0.346 e. The summed E-state index contributed by atoms with van der Waals surface area (Å²) >= 11 is 1.60. The number of esters is 4. The quantitative estimate of drug-likeness (QED) is 0.0471. The standard InChI is InChI=1S/C50H46N2O8S/c1-7-57-47(53)45(48(54)58-8-2)43-33-12-11-13-34(28-33)44(46(49(55)59-9-3)50(56)60-10-4)38-25-23-36(52-38)42(32-20-16-30(6)17-21-32)40-27-26-39(61-40)41(35-22-24-37(43)51-35)31-18-14-29(5)15-19-31/h11-28,51-52H,7-10H2,1-6H3/b41-39-,42-40-. The van der Waals surface area contributed by atoms with Gasteiger partial charge in [0.05, 0.1) is 26.4 Å². The highest BCUT2D eigenvalue weighted by molar-refractivity contribution is 7.08. The Balaban J connectivity index is 1.70. The number of ether oxygens (including phenoxy) is 4. The highest BCUT2D eigenvalue weighted by Crippen LogP contribution is 2.36. The third kappa shape index (κ3) is 8.69. The summed E-state index contributed by atoms with van der Waals surface area (Å²) in [6.07, 6.45) is 0. The van der Waals surface area contributed by atoms with Crippen molar-refractivity contribution in [3.63, 3.8) is 0 Å². The van der Waals surface area contributed by atoms with Gasteiger partial charge in [-0.15, -0.1) is 11.3 Å². The van der Waals surface area contributed by atoms with E-state index in [9.17, 15) is 19.2 Å². The van der Waals surface area contributed by atoms with Gasteiger partial charge in [0.15, 0.2) is 11.1 Å². The molecule has 3 aromatic carbocycles. The maximum Gasteiger partial charge on any atom is 0.346 e. The number of benzene rings is 3. The van der Waals surface area contributed by atoms with Crippen LogP contribution in [0, 0.1) is 13.8 Å². The second-order valence-corrected chi connectivity index (χ2v) is 15.3. The van der Waals surface area contributed by atoms with Gasteiger partial charge in [-0.3, -0.25) is 0 Å². The Morgan fingerprint density at radius 2 is 0.787 bits per heavy atom. The Morgan fingerprint density at radius 1 is 0.443 bits per heavy atom. The molecule has 3 aromatic heterocycles. The number of aromatic nitrogens is 2. The highest BCUT2D eigenvalue weighted by atomic mass is 32.1. The maximum absolute atomic E-state index is 13.9. The van der Waals surface area contributed by atoms with Gasteiger partial charge in [0.25, 0.3) is 0 Å². The van der Waals surface area contributed by atoms with E-state index in [0.29, 0.717) is 22.5 Å². The molecule has 1 aliphatic rings. The largest absolute Gasteiger partial charge is 0.462 e. The molecule has 7 rings (SSSR count). The van der Waals surface area contributed by atoms with Gasteiger partial charge in [-0.2, -0.15) is 0 Å². The lowest BCUT2D eigenvalue weighted by Crippen LogP contribution is -2.21. The van der Waals surface area contributed by atoms with Crippen LogP contribution in [0.3, 0.4) is 0 Å². The van der Waals surface area contributed by atoms with Gasteiger partial charge in [-0.1, -0.05) is 77.9 Å². The first-order chi connectivity index (χ1) is 29.6. The van der Waals surface area contributed by atoms with Gasteiger partial charge in [-0.25, -0.2) is 19.2 Å². The number of aryl methyl sites for hydroxylation is 2. The molecule has 0 amide bonds. The van der Waals surface area contributed by atoms with E-state index in [0.717, 1.165) is 53.9 Å². The first kappa shape index (κ1) is 42.2. The molecule has 8 bridgehead atoms. The van der Waals surface area contributed by atoms with Crippen LogP contribution in [0.2, 0.25) is 0 Å². The zero-order valence-electron chi connectivity index (χ0n) is 34.9. The molecule has 6 aromatic rings. The summed E-state index contributed by atoms with van der Waals surface area (Å²) in [5, 5.41) is 0. The van der Waals surface area contributed by atoms with Crippen LogP contribution in [0.5, 0.6) is 0 Å². The Labute approximate surface area is 357 Å². The molecule has 0 saturated heterocycles. The topological polar surface area (TPSA) is 137 Å². The molecule has 0 saturated carbocycles. The Bertz CT molecular complexity index is 2610. The number of H-pyrrole nitrogens is 2. The van der Waals surface area contributed by atoms with Crippen LogP contribution in [0.25, 0.3) is 22.3 Å². The van der Waals surface area contributed by atoms with Gasteiger partial charge in [0, 0.05) is 54.1 Å². The minimum absolute atomic E-state index is 0.00315. The third-order valence-electron chi connectivity index (χ3n) is 10.1. The molecular formula is C50H46N2O8S. The fraction of sp³-hybridized carbons (Fsp3) is 0.200. The molecule has 0 unspecified atom stereocenters. The average molecular weight is 835 g/mol. The third-order valence-corrected chi connectivity index (χ3v) is 11.2. The zero-order valence-corrected chi connectivity index (χ0v) is 35.7. The average Bonchev–Trinajstić information content (AvgIpc) is 4.04. The SMILES string of the molecule is CCOC(=O)C(C(=O)OCC)=C1c2cccc(c2)C(=C(C(=O)OCC)C(=O)OCC)c2ccc([nH]2)/C(c2ccc(C)cc2)=c2/cc/c(s2)=C(\c2ccc(C)cc2)c2ccc1[nH]2. The van der Waals surface area contributed by atoms with E-state index >= 15 is 0 Å². The summed E-state index contributed by atoms with van der Waals surface area (Å²) in [7, 11) is 0. The van der Waals surface area contributed by atoms with E-state index < -0.39 is 23.9 Å².